The van der Waals surface area contributed by atoms with Crippen LogP contribution in [-0.4, -0.2) is 30.2 Å². The SMILES string of the molecule is CCOc1ccc(C(C)O)cc1CN(C)CC1CCC1. The van der Waals surface area contributed by atoms with E-state index in [1.165, 1.54) is 24.8 Å². The van der Waals surface area contributed by atoms with Crippen molar-refractivity contribution in [1.29, 1.82) is 0 Å². The van der Waals surface area contributed by atoms with E-state index >= 15 is 0 Å². The molecule has 3 heteroatoms. The zero-order valence-electron chi connectivity index (χ0n) is 12.9. The van der Waals surface area contributed by atoms with E-state index in [9.17, 15) is 5.11 Å². The Labute approximate surface area is 122 Å². The maximum Gasteiger partial charge on any atom is 0.123 e. The molecule has 1 aliphatic carbocycles. The summed E-state index contributed by atoms with van der Waals surface area (Å²) in [5.74, 6) is 1.81. The first-order chi connectivity index (χ1) is 9.60. The van der Waals surface area contributed by atoms with Crippen molar-refractivity contribution in [3.63, 3.8) is 0 Å². The van der Waals surface area contributed by atoms with Crippen molar-refractivity contribution in [3.8, 4) is 5.75 Å². The number of aliphatic hydroxyl groups excluding tert-OH is 1. The van der Waals surface area contributed by atoms with Gasteiger partial charge in [-0.25, -0.2) is 0 Å². The number of nitrogens with zero attached hydrogens (tertiary/aromatic N) is 1. The van der Waals surface area contributed by atoms with Crippen LogP contribution in [0.3, 0.4) is 0 Å². The van der Waals surface area contributed by atoms with E-state index < -0.39 is 6.10 Å². The predicted octanol–water partition coefficient (Wildman–Crippen LogP) is 3.37. The van der Waals surface area contributed by atoms with Crippen molar-refractivity contribution < 1.29 is 9.84 Å². The highest BCUT2D eigenvalue weighted by atomic mass is 16.5. The highest BCUT2D eigenvalue weighted by Gasteiger charge is 2.19. The molecule has 1 aromatic carbocycles. The summed E-state index contributed by atoms with van der Waals surface area (Å²) in [5.41, 5.74) is 2.13. The highest BCUT2D eigenvalue weighted by Crippen LogP contribution is 2.29. The van der Waals surface area contributed by atoms with Crippen LogP contribution in [-0.2, 0) is 6.54 Å². The van der Waals surface area contributed by atoms with Crippen LogP contribution in [0.2, 0.25) is 0 Å². The van der Waals surface area contributed by atoms with Crippen molar-refractivity contribution in [2.45, 2.75) is 45.8 Å². The molecule has 0 radical (unpaired) electrons. The molecular formula is C17H27NO2. The van der Waals surface area contributed by atoms with E-state index in [1.807, 2.05) is 19.1 Å². The predicted molar refractivity (Wildman–Crippen MR) is 81.9 cm³/mol. The molecule has 0 saturated heterocycles. The minimum atomic E-state index is -0.429. The van der Waals surface area contributed by atoms with Crippen LogP contribution in [0, 0.1) is 5.92 Å². The maximum atomic E-state index is 9.74. The van der Waals surface area contributed by atoms with E-state index in [1.54, 1.807) is 6.92 Å². The molecule has 1 saturated carbocycles. The van der Waals surface area contributed by atoms with Gasteiger partial charge in [0.15, 0.2) is 0 Å². The van der Waals surface area contributed by atoms with Crippen molar-refractivity contribution in [2.24, 2.45) is 5.92 Å². The van der Waals surface area contributed by atoms with Gasteiger partial charge in [-0.15, -0.1) is 0 Å². The van der Waals surface area contributed by atoms with Crippen molar-refractivity contribution in [3.05, 3.63) is 29.3 Å². The van der Waals surface area contributed by atoms with Gasteiger partial charge in [-0.1, -0.05) is 12.5 Å². The molecular weight excluding hydrogens is 250 g/mol. The Hall–Kier alpha value is -1.06. The van der Waals surface area contributed by atoms with Crippen LogP contribution < -0.4 is 4.74 Å². The number of rotatable bonds is 7. The smallest absolute Gasteiger partial charge is 0.123 e. The largest absolute Gasteiger partial charge is 0.494 e. The first kappa shape index (κ1) is 15.3. The fourth-order valence-corrected chi connectivity index (χ4v) is 2.75. The van der Waals surface area contributed by atoms with Crippen LogP contribution >= 0.6 is 0 Å². The molecule has 3 nitrogen and oxygen atoms in total. The molecule has 0 aromatic heterocycles. The molecule has 1 aromatic rings. The summed E-state index contributed by atoms with van der Waals surface area (Å²) in [4.78, 5) is 2.37. The number of benzene rings is 1. The third-order valence-electron chi connectivity index (χ3n) is 4.10. The van der Waals surface area contributed by atoms with Gasteiger partial charge in [0.1, 0.15) is 5.75 Å². The van der Waals surface area contributed by atoms with Crippen molar-refractivity contribution in [1.82, 2.24) is 4.90 Å². The lowest BCUT2D eigenvalue weighted by atomic mass is 9.85. The third-order valence-corrected chi connectivity index (χ3v) is 4.10. The molecule has 0 amide bonds. The molecule has 0 bridgehead atoms. The summed E-state index contributed by atoms with van der Waals surface area (Å²) in [6, 6.07) is 6.01. The van der Waals surface area contributed by atoms with Crippen molar-refractivity contribution in [2.75, 3.05) is 20.2 Å². The third kappa shape index (κ3) is 3.97. The Morgan fingerprint density at radius 1 is 1.40 bits per heavy atom. The standard InChI is InChI=1S/C17H27NO2/c1-4-20-17-9-8-15(13(2)19)10-16(17)12-18(3)11-14-6-5-7-14/h8-10,13-14,19H,4-7,11-12H2,1-3H3. The Kier molecular flexibility index (Phi) is 5.44. The summed E-state index contributed by atoms with van der Waals surface area (Å²) >= 11 is 0. The lowest BCUT2D eigenvalue weighted by Crippen LogP contribution is -2.29. The molecule has 0 heterocycles. The Morgan fingerprint density at radius 2 is 2.15 bits per heavy atom. The molecule has 0 spiro atoms. The second kappa shape index (κ2) is 7.09. The summed E-state index contributed by atoms with van der Waals surface area (Å²) in [7, 11) is 2.17. The van der Waals surface area contributed by atoms with Gasteiger partial charge >= 0.3 is 0 Å². The van der Waals surface area contributed by atoms with Crippen LogP contribution in [0.4, 0.5) is 0 Å². The van der Waals surface area contributed by atoms with Gasteiger partial charge in [-0.05, 0) is 57.4 Å². The van der Waals surface area contributed by atoms with E-state index in [0.717, 1.165) is 30.3 Å². The topological polar surface area (TPSA) is 32.7 Å². The van der Waals surface area contributed by atoms with Crippen LogP contribution in [0.15, 0.2) is 18.2 Å². The van der Waals surface area contributed by atoms with E-state index in [2.05, 4.69) is 18.0 Å². The lowest BCUT2D eigenvalue weighted by Gasteiger charge is -2.30. The Morgan fingerprint density at radius 3 is 2.70 bits per heavy atom. The van der Waals surface area contributed by atoms with E-state index in [-0.39, 0.29) is 0 Å². The summed E-state index contributed by atoms with van der Waals surface area (Å²) in [6.45, 7) is 6.52. The second-order valence-electron chi connectivity index (χ2n) is 5.97. The second-order valence-corrected chi connectivity index (χ2v) is 5.97. The van der Waals surface area contributed by atoms with Gasteiger partial charge < -0.3 is 14.7 Å². The van der Waals surface area contributed by atoms with Gasteiger partial charge in [0.05, 0.1) is 12.7 Å². The summed E-state index contributed by atoms with van der Waals surface area (Å²) < 4.78 is 5.71. The molecule has 1 unspecified atom stereocenters. The van der Waals surface area contributed by atoms with Crippen LogP contribution in [0.25, 0.3) is 0 Å². The molecule has 2 rings (SSSR count). The van der Waals surface area contributed by atoms with E-state index in [4.69, 9.17) is 4.74 Å². The maximum absolute atomic E-state index is 9.74. The number of hydrogen-bond acceptors (Lipinski definition) is 3. The highest BCUT2D eigenvalue weighted by molar-refractivity contribution is 5.38. The average molecular weight is 277 g/mol. The van der Waals surface area contributed by atoms with Gasteiger partial charge in [0.25, 0.3) is 0 Å². The monoisotopic (exact) mass is 277 g/mol. The van der Waals surface area contributed by atoms with Gasteiger partial charge in [-0.3, -0.25) is 0 Å². The first-order valence-corrected chi connectivity index (χ1v) is 7.72. The minimum Gasteiger partial charge on any atom is -0.494 e. The van der Waals surface area contributed by atoms with Gasteiger partial charge in [-0.2, -0.15) is 0 Å². The fraction of sp³-hybridized carbons (Fsp3) is 0.647. The average Bonchev–Trinajstić information content (AvgIpc) is 2.36. The van der Waals surface area contributed by atoms with Crippen LogP contribution in [0.5, 0.6) is 5.75 Å². The summed E-state index contributed by atoms with van der Waals surface area (Å²) in [6.07, 6.45) is 3.70. The molecule has 1 atom stereocenters. The molecule has 20 heavy (non-hydrogen) atoms. The van der Waals surface area contributed by atoms with Gasteiger partial charge in [0, 0.05) is 18.7 Å². The number of ether oxygens (including phenoxy) is 1. The molecule has 1 aliphatic rings. The molecule has 1 N–H and O–H groups in total. The zero-order valence-corrected chi connectivity index (χ0v) is 12.9. The minimum absolute atomic E-state index is 0.429. The van der Waals surface area contributed by atoms with E-state index in [0.29, 0.717) is 6.61 Å². The fourth-order valence-electron chi connectivity index (χ4n) is 2.75. The normalized spacial score (nSPS) is 17.1. The Bertz CT molecular complexity index is 427. The van der Waals surface area contributed by atoms with Crippen molar-refractivity contribution >= 4 is 0 Å². The Balaban J connectivity index is 2.07. The quantitative estimate of drug-likeness (QED) is 0.829. The zero-order chi connectivity index (χ0) is 14.5. The number of aliphatic hydroxyl groups is 1. The lowest BCUT2D eigenvalue weighted by molar-refractivity contribution is 0.194. The van der Waals surface area contributed by atoms with Gasteiger partial charge in [0.2, 0.25) is 0 Å². The summed E-state index contributed by atoms with van der Waals surface area (Å²) in [5, 5.41) is 9.74. The first-order valence-electron chi connectivity index (χ1n) is 7.72. The number of hydrogen-bond donors (Lipinski definition) is 1. The van der Waals surface area contributed by atoms with Crippen LogP contribution in [0.1, 0.15) is 50.3 Å². The molecule has 112 valence electrons. The molecule has 1 fully saturated rings. The molecule has 0 aliphatic heterocycles.